The van der Waals surface area contributed by atoms with Crippen molar-refractivity contribution in [2.45, 2.75) is 47.1 Å². The summed E-state index contributed by atoms with van der Waals surface area (Å²) in [6.45, 7) is 13.3. The molecule has 4 heteroatoms. The first-order valence-corrected chi connectivity index (χ1v) is 9.41. The Labute approximate surface area is 158 Å². The van der Waals surface area contributed by atoms with Crippen molar-refractivity contribution in [3.8, 4) is 0 Å². The molecule has 0 heterocycles. The average Bonchev–Trinajstić information content (AvgIpc) is 2.63. The van der Waals surface area contributed by atoms with Gasteiger partial charge in [-0.25, -0.2) is 0 Å². The lowest BCUT2D eigenvalue weighted by Crippen LogP contribution is -2.11. The van der Waals surface area contributed by atoms with Crippen molar-refractivity contribution < 1.29 is 18.9 Å². The van der Waals surface area contributed by atoms with Gasteiger partial charge < -0.3 is 18.9 Å². The molecule has 0 amide bonds. The molecule has 1 aromatic rings. The van der Waals surface area contributed by atoms with Crippen molar-refractivity contribution in [3.05, 3.63) is 47.9 Å². The summed E-state index contributed by atoms with van der Waals surface area (Å²) in [5, 5.41) is 0. The SMILES string of the molecule is CCCOC=C(C)c1ccc(C(C)=COCCOCCOC(C)C)cc1. The van der Waals surface area contributed by atoms with Gasteiger partial charge in [0.2, 0.25) is 0 Å². The predicted molar refractivity (Wildman–Crippen MR) is 108 cm³/mol. The molecular formula is C22H34O4. The molecule has 26 heavy (non-hydrogen) atoms. The van der Waals surface area contributed by atoms with Crippen LogP contribution in [-0.2, 0) is 18.9 Å². The van der Waals surface area contributed by atoms with E-state index in [1.165, 1.54) is 0 Å². The van der Waals surface area contributed by atoms with Gasteiger partial charge in [0, 0.05) is 0 Å². The number of rotatable bonds is 13. The van der Waals surface area contributed by atoms with Crippen LogP contribution in [0.3, 0.4) is 0 Å². The topological polar surface area (TPSA) is 36.9 Å². The minimum absolute atomic E-state index is 0.245. The third-order valence-corrected chi connectivity index (χ3v) is 3.66. The fourth-order valence-corrected chi connectivity index (χ4v) is 2.17. The van der Waals surface area contributed by atoms with Gasteiger partial charge in [0.25, 0.3) is 0 Å². The largest absolute Gasteiger partial charge is 0.501 e. The van der Waals surface area contributed by atoms with E-state index in [9.17, 15) is 0 Å². The zero-order chi connectivity index (χ0) is 19.2. The third-order valence-electron chi connectivity index (χ3n) is 3.66. The molecule has 0 unspecified atom stereocenters. The van der Waals surface area contributed by atoms with Gasteiger partial charge in [0.15, 0.2) is 0 Å². The van der Waals surface area contributed by atoms with Gasteiger partial charge in [-0.2, -0.15) is 0 Å². The summed E-state index contributed by atoms with van der Waals surface area (Å²) < 4.78 is 21.9. The average molecular weight is 363 g/mol. The minimum atomic E-state index is 0.245. The van der Waals surface area contributed by atoms with Crippen molar-refractivity contribution in [1.29, 1.82) is 0 Å². The highest BCUT2D eigenvalue weighted by atomic mass is 16.5. The molecule has 0 saturated heterocycles. The maximum atomic E-state index is 5.56. The van der Waals surface area contributed by atoms with Crippen molar-refractivity contribution in [3.63, 3.8) is 0 Å². The molecule has 0 aliphatic heterocycles. The van der Waals surface area contributed by atoms with Crippen LogP contribution in [-0.4, -0.2) is 39.1 Å². The van der Waals surface area contributed by atoms with Crippen LogP contribution in [0.5, 0.6) is 0 Å². The summed E-state index contributed by atoms with van der Waals surface area (Å²) >= 11 is 0. The summed E-state index contributed by atoms with van der Waals surface area (Å²) in [5.41, 5.74) is 4.52. The Balaban J connectivity index is 2.34. The summed E-state index contributed by atoms with van der Waals surface area (Å²) in [5.74, 6) is 0. The van der Waals surface area contributed by atoms with Crippen molar-refractivity contribution in [1.82, 2.24) is 0 Å². The molecule has 0 atom stereocenters. The second-order valence-corrected chi connectivity index (χ2v) is 6.45. The second-order valence-electron chi connectivity index (χ2n) is 6.45. The highest BCUT2D eigenvalue weighted by Gasteiger charge is 2.00. The zero-order valence-corrected chi connectivity index (χ0v) is 16.9. The van der Waals surface area contributed by atoms with Crippen LogP contribution in [0, 0.1) is 0 Å². The van der Waals surface area contributed by atoms with Crippen LogP contribution < -0.4 is 0 Å². The van der Waals surface area contributed by atoms with E-state index in [2.05, 4.69) is 38.1 Å². The molecular weight excluding hydrogens is 328 g/mol. The fraction of sp³-hybridized carbons (Fsp3) is 0.545. The zero-order valence-electron chi connectivity index (χ0n) is 16.9. The molecule has 0 spiro atoms. The molecule has 0 fully saturated rings. The number of hydrogen-bond donors (Lipinski definition) is 0. The minimum Gasteiger partial charge on any atom is -0.501 e. The van der Waals surface area contributed by atoms with Crippen LogP contribution in [0.15, 0.2) is 36.8 Å². The standard InChI is InChI=1S/C22H34O4/c1-6-11-24-16-19(4)21-7-9-22(10-8-21)20(5)17-25-13-12-23-14-15-26-18(2)3/h7-10,16-18H,6,11-15H2,1-5H3. The monoisotopic (exact) mass is 362 g/mol. The summed E-state index contributed by atoms with van der Waals surface area (Å²) in [4.78, 5) is 0. The van der Waals surface area contributed by atoms with E-state index in [0.717, 1.165) is 35.3 Å². The smallest absolute Gasteiger partial charge is 0.111 e. The van der Waals surface area contributed by atoms with Gasteiger partial charge in [-0.15, -0.1) is 0 Å². The molecule has 4 nitrogen and oxygen atoms in total. The van der Waals surface area contributed by atoms with Crippen LogP contribution in [0.25, 0.3) is 11.1 Å². The first kappa shape index (κ1) is 22.3. The van der Waals surface area contributed by atoms with E-state index in [-0.39, 0.29) is 6.10 Å². The Morgan fingerprint density at radius 3 is 1.81 bits per heavy atom. The molecule has 0 bridgehead atoms. The predicted octanol–water partition coefficient (Wildman–Crippen LogP) is 5.29. The number of hydrogen-bond acceptors (Lipinski definition) is 4. The number of benzene rings is 1. The van der Waals surface area contributed by atoms with Crippen LogP contribution >= 0.6 is 0 Å². The van der Waals surface area contributed by atoms with Crippen LogP contribution in [0.4, 0.5) is 0 Å². The quantitative estimate of drug-likeness (QED) is 0.353. The van der Waals surface area contributed by atoms with Crippen LogP contribution in [0.2, 0.25) is 0 Å². The summed E-state index contributed by atoms with van der Waals surface area (Å²) in [6.07, 6.45) is 4.88. The Bertz CT molecular complexity index is 544. The fourth-order valence-electron chi connectivity index (χ4n) is 2.17. The van der Waals surface area contributed by atoms with E-state index in [4.69, 9.17) is 18.9 Å². The Kier molecular flexibility index (Phi) is 11.5. The molecule has 0 radical (unpaired) electrons. The lowest BCUT2D eigenvalue weighted by Gasteiger charge is -2.09. The normalized spacial score (nSPS) is 12.5. The van der Waals surface area contributed by atoms with Crippen LogP contribution in [0.1, 0.15) is 52.2 Å². The Hall–Kier alpha value is -1.78. The molecule has 1 aromatic carbocycles. The van der Waals surface area contributed by atoms with Gasteiger partial charge in [0.1, 0.15) is 6.61 Å². The highest BCUT2D eigenvalue weighted by Crippen LogP contribution is 2.19. The maximum absolute atomic E-state index is 5.56. The molecule has 0 N–H and O–H groups in total. The van der Waals surface area contributed by atoms with Gasteiger partial charge in [-0.05, 0) is 56.4 Å². The lowest BCUT2D eigenvalue weighted by atomic mass is 10.0. The molecule has 0 aliphatic rings. The number of ether oxygens (including phenoxy) is 4. The van der Waals surface area contributed by atoms with Gasteiger partial charge in [-0.3, -0.25) is 0 Å². The van der Waals surface area contributed by atoms with E-state index in [1.54, 1.807) is 6.26 Å². The van der Waals surface area contributed by atoms with E-state index in [0.29, 0.717) is 26.4 Å². The van der Waals surface area contributed by atoms with E-state index < -0.39 is 0 Å². The third kappa shape index (κ3) is 9.64. The van der Waals surface area contributed by atoms with Crippen molar-refractivity contribution >= 4 is 11.1 Å². The van der Waals surface area contributed by atoms with E-state index >= 15 is 0 Å². The highest BCUT2D eigenvalue weighted by molar-refractivity contribution is 5.68. The Morgan fingerprint density at radius 2 is 1.31 bits per heavy atom. The van der Waals surface area contributed by atoms with E-state index in [1.807, 2.05) is 27.0 Å². The molecule has 0 aliphatic carbocycles. The first-order chi connectivity index (χ1) is 12.5. The molecule has 0 aromatic heterocycles. The summed E-state index contributed by atoms with van der Waals surface area (Å²) in [6, 6.07) is 8.40. The van der Waals surface area contributed by atoms with Crippen molar-refractivity contribution in [2.24, 2.45) is 0 Å². The molecule has 0 saturated carbocycles. The van der Waals surface area contributed by atoms with Gasteiger partial charge >= 0.3 is 0 Å². The summed E-state index contributed by atoms with van der Waals surface area (Å²) in [7, 11) is 0. The first-order valence-electron chi connectivity index (χ1n) is 9.41. The lowest BCUT2D eigenvalue weighted by molar-refractivity contribution is 0.00884. The molecule has 1 rings (SSSR count). The Morgan fingerprint density at radius 1 is 0.808 bits per heavy atom. The number of allylic oxidation sites excluding steroid dienone is 2. The van der Waals surface area contributed by atoms with Gasteiger partial charge in [0.05, 0.1) is 45.1 Å². The second kappa shape index (κ2) is 13.4. The maximum Gasteiger partial charge on any atom is 0.111 e. The molecule has 146 valence electrons. The van der Waals surface area contributed by atoms with Crippen molar-refractivity contribution in [2.75, 3.05) is 33.0 Å². The van der Waals surface area contributed by atoms with Gasteiger partial charge in [-0.1, -0.05) is 31.2 Å².